The Morgan fingerprint density at radius 3 is 2.73 bits per heavy atom. The maximum Gasteiger partial charge on any atom is 0.407 e. The fraction of sp³-hybridized carbons (Fsp3) is 0.941. The van der Waals surface area contributed by atoms with Crippen LogP contribution < -0.4 is 10.6 Å². The molecule has 0 radical (unpaired) electrons. The molecule has 2 fully saturated rings. The van der Waals surface area contributed by atoms with E-state index in [9.17, 15) is 4.79 Å². The van der Waals surface area contributed by atoms with Gasteiger partial charge in [0.25, 0.3) is 0 Å². The molecule has 5 nitrogen and oxygen atoms in total. The van der Waals surface area contributed by atoms with Crippen LogP contribution in [0.2, 0.25) is 0 Å². The van der Waals surface area contributed by atoms with Crippen LogP contribution in [0.3, 0.4) is 0 Å². The summed E-state index contributed by atoms with van der Waals surface area (Å²) in [5, 5.41) is 6.65. The molecule has 5 unspecified atom stereocenters. The molecule has 22 heavy (non-hydrogen) atoms. The molecule has 1 heterocycles. The average molecular weight is 312 g/mol. The van der Waals surface area contributed by atoms with Gasteiger partial charge in [0.05, 0.1) is 18.2 Å². The zero-order valence-electron chi connectivity index (χ0n) is 14.6. The molecule has 2 aliphatic rings. The zero-order valence-corrected chi connectivity index (χ0v) is 14.6. The van der Waals surface area contributed by atoms with E-state index in [4.69, 9.17) is 9.47 Å². The van der Waals surface area contributed by atoms with E-state index in [1.807, 2.05) is 20.8 Å². The van der Waals surface area contributed by atoms with Gasteiger partial charge in [-0.3, -0.25) is 0 Å². The molecule has 1 amide bonds. The van der Waals surface area contributed by atoms with Gasteiger partial charge in [0.2, 0.25) is 0 Å². The third kappa shape index (κ3) is 4.35. The van der Waals surface area contributed by atoms with Crippen molar-refractivity contribution in [3.8, 4) is 0 Å². The van der Waals surface area contributed by atoms with Crippen molar-refractivity contribution >= 4 is 6.09 Å². The topological polar surface area (TPSA) is 59.6 Å². The molecule has 2 N–H and O–H groups in total. The van der Waals surface area contributed by atoms with E-state index in [2.05, 4.69) is 24.5 Å². The Morgan fingerprint density at radius 1 is 1.36 bits per heavy atom. The maximum atomic E-state index is 12.1. The molecule has 1 saturated carbocycles. The number of ether oxygens (including phenoxy) is 2. The minimum atomic E-state index is -0.462. The second kappa shape index (κ2) is 7.18. The Morgan fingerprint density at radius 2 is 2.09 bits per heavy atom. The van der Waals surface area contributed by atoms with E-state index in [0.717, 1.165) is 32.4 Å². The van der Waals surface area contributed by atoms with E-state index < -0.39 is 5.60 Å². The Balaban J connectivity index is 1.91. The van der Waals surface area contributed by atoms with Gasteiger partial charge in [-0.15, -0.1) is 0 Å². The van der Waals surface area contributed by atoms with Crippen LogP contribution >= 0.6 is 0 Å². The standard InChI is InChI=1S/C17H32N2O3/c1-6-11(2)10-18-14-13(12-8-7-9-21-15(12)14)19-16(20)22-17(3,4)5/h11-15,18H,6-10H2,1-5H3,(H,19,20). The molecular formula is C17H32N2O3. The van der Waals surface area contributed by atoms with Crippen molar-refractivity contribution in [2.45, 2.75) is 77.7 Å². The molecule has 0 aromatic heterocycles. The number of alkyl carbamates (subject to hydrolysis) is 1. The van der Waals surface area contributed by atoms with Gasteiger partial charge < -0.3 is 20.1 Å². The van der Waals surface area contributed by atoms with Gasteiger partial charge in [0.1, 0.15) is 5.60 Å². The van der Waals surface area contributed by atoms with Crippen molar-refractivity contribution in [3.63, 3.8) is 0 Å². The van der Waals surface area contributed by atoms with Crippen LogP contribution in [-0.4, -0.2) is 43.0 Å². The highest BCUT2D eigenvalue weighted by molar-refractivity contribution is 5.68. The van der Waals surface area contributed by atoms with E-state index in [0.29, 0.717) is 11.8 Å². The van der Waals surface area contributed by atoms with Gasteiger partial charge in [-0.1, -0.05) is 20.3 Å². The Bertz CT molecular complexity index is 381. The number of rotatable bonds is 5. The molecule has 0 aromatic rings. The summed E-state index contributed by atoms with van der Waals surface area (Å²) in [6.45, 7) is 11.9. The first-order valence-corrected chi connectivity index (χ1v) is 8.66. The van der Waals surface area contributed by atoms with Crippen molar-refractivity contribution in [1.29, 1.82) is 0 Å². The van der Waals surface area contributed by atoms with Crippen molar-refractivity contribution in [2.24, 2.45) is 11.8 Å². The second-order valence-corrected chi connectivity index (χ2v) is 7.76. The van der Waals surface area contributed by atoms with Crippen molar-refractivity contribution in [1.82, 2.24) is 10.6 Å². The number of fused-ring (bicyclic) bond motifs is 1. The highest BCUT2D eigenvalue weighted by Gasteiger charge is 2.53. The predicted molar refractivity (Wildman–Crippen MR) is 86.9 cm³/mol. The van der Waals surface area contributed by atoms with Crippen LogP contribution in [0.5, 0.6) is 0 Å². The number of amides is 1. The van der Waals surface area contributed by atoms with Gasteiger partial charge in [-0.25, -0.2) is 4.79 Å². The largest absolute Gasteiger partial charge is 0.444 e. The fourth-order valence-electron chi connectivity index (χ4n) is 3.27. The van der Waals surface area contributed by atoms with Gasteiger partial charge in [0.15, 0.2) is 0 Å². The highest BCUT2D eigenvalue weighted by atomic mass is 16.6. The minimum Gasteiger partial charge on any atom is -0.444 e. The molecule has 1 aliphatic heterocycles. The molecule has 2 rings (SSSR count). The molecule has 1 saturated heterocycles. The Kier molecular flexibility index (Phi) is 5.72. The third-order valence-corrected chi connectivity index (χ3v) is 4.70. The first-order valence-electron chi connectivity index (χ1n) is 8.66. The molecule has 0 spiro atoms. The molecule has 5 heteroatoms. The lowest BCUT2D eigenvalue weighted by Gasteiger charge is -2.54. The molecular weight excluding hydrogens is 280 g/mol. The van der Waals surface area contributed by atoms with E-state index in [-0.39, 0.29) is 24.3 Å². The molecule has 128 valence electrons. The normalized spacial score (nSPS) is 32.6. The Labute approximate surface area is 134 Å². The van der Waals surface area contributed by atoms with Crippen LogP contribution in [0.15, 0.2) is 0 Å². The summed E-state index contributed by atoms with van der Waals surface area (Å²) in [6.07, 6.45) is 3.26. The van der Waals surface area contributed by atoms with Crippen LogP contribution in [0, 0.1) is 11.8 Å². The van der Waals surface area contributed by atoms with Crippen LogP contribution in [0.25, 0.3) is 0 Å². The lowest BCUT2D eigenvalue weighted by molar-refractivity contribution is -0.128. The quantitative estimate of drug-likeness (QED) is 0.819. The summed E-state index contributed by atoms with van der Waals surface area (Å²) in [5.41, 5.74) is -0.462. The lowest BCUT2D eigenvalue weighted by Crippen LogP contribution is -2.73. The summed E-state index contributed by atoms with van der Waals surface area (Å²) < 4.78 is 11.3. The minimum absolute atomic E-state index is 0.115. The summed E-state index contributed by atoms with van der Waals surface area (Å²) in [4.78, 5) is 12.1. The lowest BCUT2D eigenvalue weighted by atomic mass is 9.68. The number of nitrogens with one attached hydrogen (secondary N) is 2. The Hall–Kier alpha value is -0.810. The number of hydrogen-bond donors (Lipinski definition) is 2. The summed E-state index contributed by atoms with van der Waals surface area (Å²) >= 11 is 0. The van der Waals surface area contributed by atoms with Crippen LogP contribution in [0.1, 0.15) is 53.9 Å². The van der Waals surface area contributed by atoms with E-state index >= 15 is 0 Å². The first-order chi connectivity index (χ1) is 10.3. The molecule has 5 atom stereocenters. The third-order valence-electron chi connectivity index (χ3n) is 4.70. The smallest absolute Gasteiger partial charge is 0.407 e. The predicted octanol–water partition coefficient (Wildman–Crippen LogP) is 2.69. The number of carbonyl (C=O) groups excluding carboxylic acids is 1. The molecule has 0 aromatic carbocycles. The van der Waals surface area contributed by atoms with E-state index in [1.165, 1.54) is 0 Å². The summed E-state index contributed by atoms with van der Waals surface area (Å²) in [7, 11) is 0. The highest BCUT2D eigenvalue weighted by Crippen LogP contribution is 2.38. The van der Waals surface area contributed by atoms with Gasteiger partial charge in [0, 0.05) is 12.5 Å². The van der Waals surface area contributed by atoms with E-state index in [1.54, 1.807) is 0 Å². The zero-order chi connectivity index (χ0) is 16.3. The van der Waals surface area contributed by atoms with Gasteiger partial charge >= 0.3 is 6.09 Å². The first kappa shape index (κ1) is 17.5. The van der Waals surface area contributed by atoms with Gasteiger partial charge in [-0.05, 0) is 46.1 Å². The molecule has 0 bridgehead atoms. The summed E-state index contributed by atoms with van der Waals surface area (Å²) in [6, 6.07) is 0.316. The van der Waals surface area contributed by atoms with Gasteiger partial charge in [-0.2, -0.15) is 0 Å². The number of hydrogen-bond acceptors (Lipinski definition) is 4. The molecule has 1 aliphatic carbocycles. The SMILES string of the molecule is CCC(C)CNC1C(NC(=O)OC(C)(C)C)C2CCCOC21. The van der Waals surface area contributed by atoms with Crippen molar-refractivity contribution < 1.29 is 14.3 Å². The van der Waals surface area contributed by atoms with Crippen molar-refractivity contribution in [3.05, 3.63) is 0 Å². The van der Waals surface area contributed by atoms with Crippen LogP contribution in [-0.2, 0) is 9.47 Å². The fourth-order valence-corrected chi connectivity index (χ4v) is 3.27. The average Bonchev–Trinajstić information content (AvgIpc) is 2.43. The monoisotopic (exact) mass is 312 g/mol. The second-order valence-electron chi connectivity index (χ2n) is 7.76. The maximum absolute atomic E-state index is 12.1. The van der Waals surface area contributed by atoms with Crippen LogP contribution in [0.4, 0.5) is 4.79 Å². The summed E-state index contributed by atoms with van der Waals surface area (Å²) in [5.74, 6) is 1.04. The number of carbonyl (C=O) groups is 1. The van der Waals surface area contributed by atoms with Crippen molar-refractivity contribution in [2.75, 3.05) is 13.2 Å².